The van der Waals surface area contributed by atoms with Gasteiger partial charge in [-0.3, -0.25) is 19.6 Å². The molecule has 0 aromatic carbocycles. The maximum Gasteiger partial charge on any atom is 0.327 e. The van der Waals surface area contributed by atoms with Crippen LogP contribution in [-0.4, -0.2) is 39.2 Å². The number of nitrogens with zero attached hydrogens (tertiary/aromatic N) is 1. The lowest BCUT2D eigenvalue weighted by Gasteiger charge is -2.16. The number of nitrogens with one attached hydrogen (secondary N) is 3. The van der Waals surface area contributed by atoms with Crippen molar-refractivity contribution in [1.82, 2.24) is 9.97 Å². The third kappa shape index (κ3) is 2.02. The fraction of sp³-hybridized carbons (Fsp3) is 0.333. The predicted molar refractivity (Wildman–Crippen MR) is 60.0 cm³/mol. The topological polar surface area (TPSA) is 127 Å². The van der Waals surface area contributed by atoms with E-state index in [0.717, 1.165) is 0 Å². The summed E-state index contributed by atoms with van der Waals surface area (Å²) in [5.41, 5.74) is -1.36. The van der Waals surface area contributed by atoms with Gasteiger partial charge in [-0.15, -0.1) is 0 Å². The minimum absolute atomic E-state index is 0.0463. The van der Waals surface area contributed by atoms with Crippen molar-refractivity contribution >= 4 is 23.0 Å². The van der Waals surface area contributed by atoms with Crippen molar-refractivity contribution in [2.75, 3.05) is 11.9 Å². The summed E-state index contributed by atoms with van der Waals surface area (Å²) in [6, 6.07) is 0. The average molecular weight is 238 g/mol. The monoisotopic (exact) mass is 238 g/mol. The lowest BCUT2D eigenvalue weighted by molar-refractivity contribution is -0.119. The number of aromatic amines is 2. The standard InChI is InChI=1S/C9H10N4O4/c1-3(14)6(15)4-2-10-7-5(11-4)8(16)13-9(17)12-7/h3,14H,2H2,1H3,(H3,10,12,13,16,17). The Bertz CT molecular complexity index is 610. The highest BCUT2D eigenvalue weighted by atomic mass is 16.3. The van der Waals surface area contributed by atoms with Gasteiger partial charge in [0.05, 0.1) is 6.54 Å². The number of aliphatic hydroxyl groups excluding tert-OH is 1. The lowest BCUT2D eigenvalue weighted by atomic mass is 10.1. The maximum atomic E-state index is 11.5. The smallest absolute Gasteiger partial charge is 0.327 e. The van der Waals surface area contributed by atoms with Crippen molar-refractivity contribution in [2.24, 2.45) is 4.99 Å². The van der Waals surface area contributed by atoms with E-state index >= 15 is 0 Å². The zero-order valence-corrected chi connectivity index (χ0v) is 8.90. The molecule has 90 valence electrons. The minimum Gasteiger partial charge on any atom is -0.385 e. The van der Waals surface area contributed by atoms with Gasteiger partial charge in [0.15, 0.2) is 5.69 Å². The summed E-state index contributed by atoms with van der Waals surface area (Å²) in [6.07, 6.45) is -1.18. The number of Topliss-reactive ketones (excluding diaryl/α,β-unsaturated/α-hetero) is 1. The number of H-pyrrole nitrogens is 2. The molecule has 1 aliphatic rings. The Morgan fingerprint density at radius 3 is 2.76 bits per heavy atom. The van der Waals surface area contributed by atoms with Gasteiger partial charge in [0, 0.05) is 0 Å². The SMILES string of the molecule is CC(O)C(=O)C1=Nc2c([nH]c(=O)[nH]c2=O)NC1. The van der Waals surface area contributed by atoms with Gasteiger partial charge in [-0.25, -0.2) is 9.79 Å². The molecule has 2 heterocycles. The number of aliphatic hydroxyl groups is 1. The van der Waals surface area contributed by atoms with E-state index in [4.69, 9.17) is 5.11 Å². The van der Waals surface area contributed by atoms with Gasteiger partial charge in [0.25, 0.3) is 5.56 Å². The summed E-state index contributed by atoms with van der Waals surface area (Å²) >= 11 is 0. The normalized spacial score (nSPS) is 15.5. The Balaban J connectivity index is 2.52. The number of carbonyl (C=O) groups is 1. The Labute approximate surface area is 94.4 Å². The first-order chi connectivity index (χ1) is 7.99. The highest BCUT2D eigenvalue weighted by molar-refractivity contribution is 6.43. The number of aliphatic imine (C=N–C) groups is 1. The van der Waals surface area contributed by atoms with E-state index in [9.17, 15) is 14.4 Å². The number of carbonyl (C=O) groups excluding carboxylic acids is 1. The van der Waals surface area contributed by atoms with Crippen LogP contribution in [0.15, 0.2) is 14.6 Å². The van der Waals surface area contributed by atoms with Crippen LogP contribution in [0.1, 0.15) is 6.92 Å². The van der Waals surface area contributed by atoms with E-state index in [1.807, 2.05) is 4.98 Å². The summed E-state index contributed by atoms with van der Waals surface area (Å²) in [4.78, 5) is 42.1. The second-order valence-corrected chi connectivity index (χ2v) is 3.58. The molecule has 4 N–H and O–H groups in total. The highest BCUT2D eigenvalue weighted by Gasteiger charge is 2.22. The van der Waals surface area contributed by atoms with Crippen molar-refractivity contribution in [3.05, 3.63) is 20.8 Å². The summed E-state index contributed by atoms with van der Waals surface area (Å²) in [5, 5.41) is 11.8. The summed E-state index contributed by atoms with van der Waals surface area (Å²) in [5.74, 6) is -0.394. The molecule has 1 unspecified atom stereocenters. The molecule has 0 amide bonds. The summed E-state index contributed by atoms with van der Waals surface area (Å²) < 4.78 is 0. The molecule has 1 aromatic rings. The van der Waals surface area contributed by atoms with Crippen molar-refractivity contribution in [1.29, 1.82) is 0 Å². The van der Waals surface area contributed by atoms with E-state index in [1.54, 1.807) is 0 Å². The molecule has 0 fully saturated rings. The molecule has 8 heteroatoms. The Kier molecular flexibility index (Phi) is 2.64. The van der Waals surface area contributed by atoms with Gasteiger partial charge in [-0.1, -0.05) is 0 Å². The molecule has 1 atom stereocenters. The van der Waals surface area contributed by atoms with Gasteiger partial charge in [-0.2, -0.15) is 0 Å². The van der Waals surface area contributed by atoms with Crippen molar-refractivity contribution < 1.29 is 9.90 Å². The van der Waals surface area contributed by atoms with Gasteiger partial charge in [-0.05, 0) is 6.92 Å². The van der Waals surface area contributed by atoms with Crippen LogP contribution in [0.5, 0.6) is 0 Å². The first-order valence-electron chi connectivity index (χ1n) is 4.89. The molecule has 1 aliphatic heterocycles. The van der Waals surface area contributed by atoms with Crippen molar-refractivity contribution in [3.63, 3.8) is 0 Å². The van der Waals surface area contributed by atoms with Gasteiger partial charge < -0.3 is 10.4 Å². The zero-order valence-electron chi connectivity index (χ0n) is 8.90. The van der Waals surface area contributed by atoms with Crippen LogP contribution < -0.4 is 16.6 Å². The van der Waals surface area contributed by atoms with Crippen LogP contribution in [0, 0.1) is 0 Å². The number of hydrogen-bond acceptors (Lipinski definition) is 6. The molecule has 2 rings (SSSR count). The number of ketones is 1. The lowest BCUT2D eigenvalue weighted by Crippen LogP contribution is -2.35. The number of aromatic nitrogens is 2. The molecular formula is C9H10N4O4. The Morgan fingerprint density at radius 2 is 2.12 bits per heavy atom. The molecule has 0 aliphatic carbocycles. The molecule has 0 saturated carbocycles. The Morgan fingerprint density at radius 1 is 1.41 bits per heavy atom. The van der Waals surface area contributed by atoms with E-state index in [1.165, 1.54) is 6.92 Å². The third-order valence-electron chi connectivity index (χ3n) is 2.26. The molecule has 0 radical (unpaired) electrons. The van der Waals surface area contributed by atoms with Crippen LogP contribution in [0.2, 0.25) is 0 Å². The Hall–Kier alpha value is -2.22. The molecule has 0 saturated heterocycles. The van der Waals surface area contributed by atoms with Crippen LogP contribution in [0.3, 0.4) is 0 Å². The van der Waals surface area contributed by atoms with Gasteiger partial charge in [0.2, 0.25) is 5.78 Å². The predicted octanol–water partition coefficient (Wildman–Crippen LogP) is -1.49. The van der Waals surface area contributed by atoms with E-state index in [2.05, 4.69) is 15.3 Å². The number of fused-ring (bicyclic) bond motifs is 1. The number of hydrogen-bond donors (Lipinski definition) is 4. The van der Waals surface area contributed by atoms with Gasteiger partial charge in [0.1, 0.15) is 17.6 Å². The maximum absolute atomic E-state index is 11.5. The largest absolute Gasteiger partial charge is 0.385 e. The molecule has 17 heavy (non-hydrogen) atoms. The molecule has 8 nitrogen and oxygen atoms in total. The summed E-state index contributed by atoms with van der Waals surface area (Å²) in [6.45, 7) is 1.37. The quantitative estimate of drug-likeness (QED) is 0.499. The molecule has 1 aromatic heterocycles. The second kappa shape index (κ2) is 3.98. The van der Waals surface area contributed by atoms with E-state index in [-0.39, 0.29) is 23.8 Å². The molecule has 0 bridgehead atoms. The second-order valence-electron chi connectivity index (χ2n) is 3.58. The first-order valence-corrected chi connectivity index (χ1v) is 4.89. The van der Waals surface area contributed by atoms with Crippen LogP contribution >= 0.6 is 0 Å². The highest BCUT2D eigenvalue weighted by Crippen LogP contribution is 2.19. The first kappa shape index (κ1) is 11.3. The zero-order chi connectivity index (χ0) is 12.6. The number of rotatable bonds is 2. The van der Waals surface area contributed by atoms with E-state index < -0.39 is 23.1 Å². The van der Waals surface area contributed by atoms with Crippen LogP contribution in [0.4, 0.5) is 11.5 Å². The molecule has 0 spiro atoms. The van der Waals surface area contributed by atoms with Crippen molar-refractivity contribution in [2.45, 2.75) is 13.0 Å². The summed E-state index contributed by atoms with van der Waals surface area (Å²) in [7, 11) is 0. The van der Waals surface area contributed by atoms with Crippen molar-refractivity contribution in [3.8, 4) is 0 Å². The number of anilines is 1. The minimum atomic E-state index is -1.18. The van der Waals surface area contributed by atoms with E-state index in [0.29, 0.717) is 0 Å². The van der Waals surface area contributed by atoms with Crippen LogP contribution in [0.25, 0.3) is 0 Å². The fourth-order valence-electron chi connectivity index (χ4n) is 1.44. The average Bonchev–Trinajstić information content (AvgIpc) is 2.27. The van der Waals surface area contributed by atoms with Gasteiger partial charge >= 0.3 is 5.69 Å². The van der Waals surface area contributed by atoms with Crippen LogP contribution in [-0.2, 0) is 4.79 Å². The fourth-order valence-corrected chi connectivity index (χ4v) is 1.44. The third-order valence-corrected chi connectivity index (χ3v) is 2.26. The molecular weight excluding hydrogens is 228 g/mol.